The molecule has 0 bridgehead atoms. The lowest BCUT2D eigenvalue weighted by Gasteiger charge is -2.39. The highest BCUT2D eigenvalue weighted by Crippen LogP contribution is 2.44. The molecular formula is C25H25FN6O2. The molecule has 8 nitrogen and oxygen atoms in total. The van der Waals surface area contributed by atoms with Crippen molar-refractivity contribution in [2.24, 2.45) is 0 Å². The summed E-state index contributed by atoms with van der Waals surface area (Å²) in [6, 6.07) is 7.26. The van der Waals surface area contributed by atoms with Gasteiger partial charge in [-0.05, 0) is 49.1 Å². The molecule has 2 amide bonds. The fourth-order valence-corrected chi connectivity index (χ4v) is 4.85. The average Bonchev–Trinajstić information content (AvgIpc) is 3.62. The molecule has 0 N–H and O–H groups in total. The van der Waals surface area contributed by atoms with Crippen LogP contribution in [-0.4, -0.2) is 45.9 Å². The predicted octanol–water partition coefficient (Wildman–Crippen LogP) is 3.73. The molecule has 174 valence electrons. The Morgan fingerprint density at radius 3 is 2.62 bits per heavy atom. The minimum Gasteiger partial charge on any atom is -0.340 e. The Balaban J connectivity index is 0.00000241. The van der Waals surface area contributed by atoms with E-state index in [1.165, 1.54) is 17.0 Å². The van der Waals surface area contributed by atoms with Crippen molar-refractivity contribution in [1.29, 1.82) is 0 Å². The van der Waals surface area contributed by atoms with Gasteiger partial charge in [0.2, 0.25) is 11.9 Å². The van der Waals surface area contributed by atoms with Gasteiger partial charge >= 0.3 is 0 Å². The number of amides is 2. The highest BCUT2D eigenvalue weighted by atomic mass is 19.1. The number of nitrogens with zero attached hydrogens (tertiary/aromatic N) is 6. The fraction of sp³-hybridized carbons (Fsp3) is 0.320. The number of benzene rings is 1. The monoisotopic (exact) mass is 460 g/mol. The number of carbonyl (C=O) groups is 2. The smallest absolute Gasteiger partial charge is 0.261 e. The van der Waals surface area contributed by atoms with E-state index in [2.05, 4.69) is 9.97 Å². The molecule has 34 heavy (non-hydrogen) atoms. The minimum absolute atomic E-state index is 0. The van der Waals surface area contributed by atoms with Gasteiger partial charge in [0.25, 0.3) is 5.91 Å². The summed E-state index contributed by atoms with van der Waals surface area (Å²) < 4.78 is 14.0. The number of rotatable bonds is 3. The first-order valence-electron chi connectivity index (χ1n) is 10.9. The molecule has 2 unspecified atom stereocenters. The van der Waals surface area contributed by atoms with E-state index < -0.39 is 11.9 Å². The zero-order valence-corrected chi connectivity index (χ0v) is 18.1. The highest BCUT2D eigenvalue weighted by molar-refractivity contribution is 6.11. The average molecular weight is 461 g/mol. The lowest BCUT2D eigenvalue weighted by Crippen LogP contribution is -2.52. The Bertz CT molecular complexity index is 1300. The SMILES string of the molecule is C.CC1C(=O)N(C)c2cnc(N3C(=O)c4cc(F)ccc4C3c3cccnc3)nc2N1C1CC1. The largest absolute Gasteiger partial charge is 0.340 e. The molecule has 2 aliphatic heterocycles. The van der Waals surface area contributed by atoms with Gasteiger partial charge in [-0.1, -0.05) is 19.6 Å². The summed E-state index contributed by atoms with van der Waals surface area (Å²) in [6.45, 7) is 1.87. The molecule has 0 spiro atoms. The van der Waals surface area contributed by atoms with Gasteiger partial charge < -0.3 is 9.80 Å². The standard InChI is InChI=1S/C24H21FN6O2.CH4/c1-13-22(32)29(2)19-12-27-24(28-21(19)30(13)16-6-7-16)31-20(14-4-3-9-26-11-14)17-8-5-15(25)10-18(17)23(31)33;/h3-5,8-13,16,20H,6-7H2,1-2H3;1H4. The number of anilines is 3. The van der Waals surface area contributed by atoms with E-state index in [0.717, 1.165) is 18.4 Å². The molecule has 1 fully saturated rings. The maximum atomic E-state index is 14.0. The van der Waals surface area contributed by atoms with Gasteiger partial charge in [0.1, 0.15) is 17.5 Å². The van der Waals surface area contributed by atoms with Gasteiger partial charge in [-0.25, -0.2) is 9.37 Å². The summed E-state index contributed by atoms with van der Waals surface area (Å²) in [5.74, 6) is -0.0143. The van der Waals surface area contributed by atoms with Crippen LogP contribution in [0.3, 0.4) is 0 Å². The van der Waals surface area contributed by atoms with E-state index in [-0.39, 0.29) is 42.8 Å². The second-order valence-corrected chi connectivity index (χ2v) is 8.69. The fourth-order valence-electron chi connectivity index (χ4n) is 4.85. The van der Waals surface area contributed by atoms with Crippen LogP contribution >= 0.6 is 0 Å². The van der Waals surface area contributed by atoms with E-state index >= 15 is 0 Å². The predicted molar refractivity (Wildman–Crippen MR) is 126 cm³/mol. The number of carbonyl (C=O) groups excluding carboxylic acids is 2. The van der Waals surface area contributed by atoms with Crippen LogP contribution < -0.4 is 14.7 Å². The third kappa shape index (κ3) is 3.14. The molecule has 3 aromatic rings. The summed E-state index contributed by atoms with van der Waals surface area (Å²) in [5.41, 5.74) is 2.35. The van der Waals surface area contributed by atoms with Crippen LogP contribution in [-0.2, 0) is 4.79 Å². The van der Waals surface area contributed by atoms with Crippen molar-refractivity contribution in [2.45, 2.75) is 45.3 Å². The van der Waals surface area contributed by atoms with Crippen molar-refractivity contribution in [3.05, 3.63) is 71.4 Å². The normalized spacial score (nSPS) is 21.3. The molecule has 3 aliphatic rings. The lowest BCUT2D eigenvalue weighted by molar-refractivity contribution is -0.119. The van der Waals surface area contributed by atoms with Crippen LogP contribution in [0.1, 0.15) is 54.7 Å². The molecular weight excluding hydrogens is 435 g/mol. The summed E-state index contributed by atoms with van der Waals surface area (Å²) in [5, 5.41) is 0. The van der Waals surface area contributed by atoms with Gasteiger partial charge in [0.15, 0.2) is 5.82 Å². The Kier molecular flexibility index (Phi) is 5.07. The first-order valence-corrected chi connectivity index (χ1v) is 10.9. The third-order valence-corrected chi connectivity index (χ3v) is 6.62. The van der Waals surface area contributed by atoms with Crippen molar-refractivity contribution < 1.29 is 14.0 Å². The summed E-state index contributed by atoms with van der Waals surface area (Å²) in [6.07, 6.45) is 6.92. The molecule has 0 saturated heterocycles. The third-order valence-electron chi connectivity index (χ3n) is 6.62. The van der Waals surface area contributed by atoms with Gasteiger partial charge in [0, 0.05) is 31.0 Å². The van der Waals surface area contributed by atoms with Crippen LogP contribution in [0.4, 0.5) is 21.8 Å². The number of likely N-dealkylation sites (N-methyl/N-ethyl adjacent to an activating group) is 1. The Labute approximate surface area is 197 Å². The van der Waals surface area contributed by atoms with Crippen molar-refractivity contribution in [3.8, 4) is 0 Å². The number of fused-ring (bicyclic) bond motifs is 2. The minimum atomic E-state index is -0.533. The zero-order chi connectivity index (χ0) is 22.9. The Morgan fingerprint density at radius 1 is 1.12 bits per heavy atom. The zero-order valence-electron chi connectivity index (χ0n) is 18.1. The van der Waals surface area contributed by atoms with Crippen LogP contribution in [0.25, 0.3) is 0 Å². The molecule has 4 heterocycles. The van der Waals surface area contributed by atoms with Crippen molar-refractivity contribution in [1.82, 2.24) is 15.0 Å². The maximum Gasteiger partial charge on any atom is 0.261 e. The van der Waals surface area contributed by atoms with E-state index in [9.17, 15) is 14.0 Å². The van der Waals surface area contributed by atoms with E-state index in [4.69, 9.17) is 4.98 Å². The Morgan fingerprint density at radius 2 is 1.91 bits per heavy atom. The number of pyridine rings is 1. The van der Waals surface area contributed by atoms with Crippen LogP contribution in [0.5, 0.6) is 0 Å². The maximum absolute atomic E-state index is 14.0. The van der Waals surface area contributed by atoms with Crippen LogP contribution in [0.2, 0.25) is 0 Å². The molecule has 2 atom stereocenters. The number of halogens is 1. The van der Waals surface area contributed by atoms with Gasteiger partial charge in [-0.3, -0.25) is 19.5 Å². The van der Waals surface area contributed by atoms with Crippen LogP contribution in [0.15, 0.2) is 48.9 Å². The molecule has 1 saturated carbocycles. The topological polar surface area (TPSA) is 82.5 Å². The number of hydrogen-bond acceptors (Lipinski definition) is 6. The first-order chi connectivity index (χ1) is 16.0. The van der Waals surface area contributed by atoms with Crippen molar-refractivity contribution in [3.63, 3.8) is 0 Å². The van der Waals surface area contributed by atoms with E-state index in [1.807, 2.05) is 17.9 Å². The molecule has 9 heteroatoms. The lowest BCUT2D eigenvalue weighted by atomic mass is 9.99. The Hall–Kier alpha value is -3.88. The second-order valence-electron chi connectivity index (χ2n) is 8.69. The summed E-state index contributed by atoms with van der Waals surface area (Å²) >= 11 is 0. The van der Waals surface area contributed by atoms with Gasteiger partial charge in [0.05, 0.1) is 12.2 Å². The number of hydrogen-bond donors (Lipinski definition) is 0. The van der Waals surface area contributed by atoms with Crippen LogP contribution in [0, 0.1) is 5.82 Å². The summed E-state index contributed by atoms with van der Waals surface area (Å²) in [7, 11) is 1.71. The molecule has 1 aromatic carbocycles. The van der Waals surface area contributed by atoms with Crippen molar-refractivity contribution >= 4 is 29.3 Å². The highest BCUT2D eigenvalue weighted by Gasteiger charge is 2.45. The van der Waals surface area contributed by atoms with Gasteiger partial charge in [-0.15, -0.1) is 0 Å². The molecule has 6 rings (SSSR count). The molecule has 0 radical (unpaired) electrons. The molecule has 1 aliphatic carbocycles. The molecule has 2 aromatic heterocycles. The van der Waals surface area contributed by atoms with E-state index in [1.54, 1.807) is 42.7 Å². The van der Waals surface area contributed by atoms with Crippen molar-refractivity contribution in [2.75, 3.05) is 21.7 Å². The second kappa shape index (κ2) is 7.86. The van der Waals surface area contributed by atoms with Gasteiger partial charge in [-0.2, -0.15) is 4.98 Å². The van der Waals surface area contributed by atoms with E-state index in [0.29, 0.717) is 17.1 Å². The number of aromatic nitrogens is 3. The first kappa shape index (κ1) is 21.9. The summed E-state index contributed by atoms with van der Waals surface area (Å²) in [4.78, 5) is 44.9. The quantitative estimate of drug-likeness (QED) is 0.592.